The SMILES string of the molecule is CCC(CO)NC(=O)c1ccc(F)cc1Br. The molecular weight excluding hydrogens is 277 g/mol. The fraction of sp³-hybridized carbons (Fsp3) is 0.364. The zero-order valence-electron chi connectivity index (χ0n) is 8.84. The Hall–Kier alpha value is -0.940. The van der Waals surface area contributed by atoms with Crippen LogP contribution in [0.15, 0.2) is 22.7 Å². The average Bonchev–Trinajstić information content (AvgIpc) is 2.25. The van der Waals surface area contributed by atoms with Gasteiger partial charge in [0, 0.05) is 4.47 Å². The minimum Gasteiger partial charge on any atom is -0.394 e. The third kappa shape index (κ3) is 3.28. The van der Waals surface area contributed by atoms with Crippen LogP contribution >= 0.6 is 15.9 Å². The molecule has 1 unspecified atom stereocenters. The first kappa shape index (κ1) is 13.1. The number of hydrogen-bond donors (Lipinski definition) is 2. The Morgan fingerprint density at radius 2 is 2.31 bits per heavy atom. The molecule has 3 nitrogen and oxygen atoms in total. The summed E-state index contributed by atoms with van der Waals surface area (Å²) in [5, 5.41) is 11.6. The molecule has 1 aromatic carbocycles. The van der Waals surface area contributed by atoms with Crippen LogP contribution in [0.3, 0.4) is 0 Å². The van der Waals surface area contributed by atoms with E-state index >= 15 is 0 Å². The van der Waals surface area contributed by atoms with Crippen LogP contribution in [-0.2, 0) is 0 Å². The molecule has 0 aliphatic rings. The number of nitrogens with one attached hydrogen (secondary N) is 1. The Bertz CT molecular complexity index is 380. The van der Waals surface area contributed by atoms with Gasteiger partial charge in [0.05, 0.1) is 18.2 Å². The number of carbonyl (C=O) groups excluding carboxylic acids is 1. The van der Waals surface area contributed by atoms with Crippen molar-refractivity contribution in [3.63, 3.8) is 0 Å². The highest BCUT2D eigenvalue weighted by atomic mass is 79.9. The van der Waals surface area contributed by atoms with E-state index in [4.69, 9.17) is 5.11 Å². The predicted octanol–water partition coefficient (Wildman–Crippen LogP) is 2.09. The number of amides is 1. The average molecular weight is 290 g/mol. The maximum atomic E-state index is 12.8. The Balaban J connectivity index is 2.80. The quantitative estimate of drug-likeness (QED) is 0.892. The molecule has 1 amide bonds. The molecule has 1 atom stereocenters. The number of aliphatic hydroxyl groups excluding tert-OH is 1. The smallest absolute Gasteiger partial charge is 0.252 e. The Kier molecular flexibility index (Phi) is 4.89. The second-order valence-corrected chi connectivity index (χ2v) is 4.24. The van der Waals surface area contributed by atoms with Crippen LogP contribution in [-0.4, -0.2) is 23.7 Å². The first-order chi connectivity index (χ1) is 7.58. The second kappa shape index (κ2) is 5.96. The monoisotopic (exact) mass is 289 g/mol. The van der Waals surface area contributed by atoms with Crippen LogP contribution in [0.2, 0.25) is 0 Å². The highest BCUT2D eigenvalue weighted by Gasteiger charge is 2.14. The van der Waals surface area contributed by atoms with Crippen molar-refractivity contribution in [3.05, 3.63) is 34.1 Å². The van der Waals surface area contributed by atoms with Crippen LogP contribution in [0.5, 0.6) is 0 Å². The highest BCUT2D eigenvalue weighted by Crippen LogP contribution is 2.18. The van der Waals surface area contributed by atoms with Crippen molar-refractivity contribution >= 4 is 21.8 Å². The van der Waals surface area contributed by atoms with E-state index in [2.05, 4.69) is 21.2 Å². The molecule has 0 aliphatic heterocycles. The molecule has 0 radical (unpaired) electrons. The van der Waals surface area contributed by atoms with E-state index in [1.807, 2.05) is 6.92 Å². The summed E-state index contributed by atoms with van der Waals surface area (Å²) < 4.78 is 13.2. The molecule has 0 bridgehead atoms. The van der Waals surface area contributed by atoms with E-state index in [0.717, 1.165) is 0 Å². The lowest BCUT2D eigenvalue weighted by Crippen LogP contribution is -2.37. The molecule has 0 fully saturated rings. The van der Waals surface area contributed by atoms with Crippen LogP contribution in [0, 0.1) is 5.82 Å². The molecule has 0 heterocycles. The van der Waals surface area contributed by atoms with Crippen LogP contribution < -0.4 is 5.32 Å². The topological polar surface area (TPSA) is 49.3 Å². The molecule has 0 saturated carbocycles. The van der Waals surface area contributed by atoms with Crippen molar-refractivity contribution in [1.82, 2.24) is 5.32 Å². The van der Waals surface area contributed by atoms with E-state index in [-0.39, 0.29) is 18.6 Å². The predicted molar refractivity (Wildman–Crippen MR) is 62.7 cm³/mol. The van der Waals surface area contributed by atoms with Crippen LogP contribution in [0.25, 0.3) is 0 Å². The van der Waals surface area contributed by atoms with Gasteiger partial charge in [-0.2, -0.15) is 0 Å². The maximum absolute atomic E-state index is 12.8. The summed E-state index contributed by atoms with van der Waals surface area (Å²) in [5.74, 6) is -0.731. The van der Waals surface area contributed by atoms with Gasteiger partial charge >= 0.3 is 0 Å². The van der Waals surface area contributed by atoms with Crippen molar-refractivity contribution in [2.45, 2.75) is 19.4 Å². The second-order valence-electron chi connectivity index (χ2n) is 3.39. The van der Waals surface area contributed by atoms with E-state index in [1.54, 1.807) is 0 Å². The molecule has 2 N–H and O–H groups in total. The molecule has 88 valence electrons. The molecule has 0 aliphatic carbocycles. The third-order valence-electron chi connectivity index (χ3n) is 2.22. The number of benzene rings is 1. The van der Waals surface area contributed by atoms with Gasteiger partial charge in [-0.05, 0) is 40.5 Å². The summed E-state index contributed by atoms with van der Waals surface area (Å²) in [4.78, 5) is 11.7. The lowest BCUT2D eigenvalue weighted by atomic mass is 10.1. The van der Waals surface area contributed by atoms with Crippen molar-refractivity contribution in [2.75, 3.05) is 6.61 Å². The maximum Gasteiger partial charge on any atom is 0.252 e. The number of carbonyl (C=O) groups is 1. The zero-order chi connectivity index (χ0) is 12.1. The Labute approximate surface area is 102 Å². The molecule has 16 heavy (non-hydrogen) atoms. The Morgan fingerprint density at radius 3 is 2.81 bits per heavy atom. The molecule has 0 spiro atoms. The van der Waals surface area contributed by atoms with Crippen molar-refractivity contribution in [3.8, 4) is 0 Å². The van der Waals surface area contributed by atoms with Gasteiger partial charge in [-0.25, -0.2) is 4.39 Å². The minimum absolute atomic E-state index is 0.110. The Morgan fingerprint density at radius 1 is 1.62 bits per heavy atom. The van der Waals surface area contributed by atoms with E-state index < -0.39 is 5.82 Å². The van der Waals surface area contributed by atoms with Gasteiger partial charge in [0.15, 0.2) is 0 Å². The van der Waals surface area contributed by atoms with E-state index in [1.165, 1.54) is 18.2 Å². The number of rotatable bonds is 4. The summed E-state index contributed by atoms with van der Waals surface area (Å²) in [6, 6.07) is 3.58. The van der Waals surface area contributed by atoms with Gasteiger partial charge < -0.3 is 10.4 Å². The zero-order valence-corrected chi connectivity index (χ0v) is 10.4. The van der Waals surface area contributed by atoms with Gasteiger partial charge in [-0.1, -0.05) is 6.92 Å². The van der Waals surface area contributed by atoms with Crippen molar-refractivity contribution in [2.24, 2.45) is 0 Å². The first-order valence-electron chi connectivity index (χ1n) is 4.95. The molecule has 1 rings (SSSR count). The van der Waals surface area contributed by atoms with Gasteiger partial charge in [-0.3, -0.25) is 4.79 Å². The van der Waals surface area contributed by atoms with Crippen molar-refractivity contribution in [1.29, 1.82) is 0 Å². The van der Waals surface area contributed by atoms with Crippen molar-refractivity contribution < 1.29 is 14.3 Å². The molecule has 0 aromatic heterocycles. The molecule has 5 heteroatoms. The number of aliphatic hydroxyl groups is 1. The normalized spacial score (nSPS) is 12.2. The van der Waals surface area contributed by atoms with Crippen LogP contribution in [0.4, 0.5) is 4.39 Å². The van der Waals surface area contributed by atoms with Gasteiger partial charge in [0.2, 0.25) is 0 Å². The molecular formula is C11H13BrFNO2. The lowest BCUT2D eigenvalue weighted by Gasteiger charge is -2.14. The largest absolute Gasteiger partial charge is 0.394 e. The van der Waals surface area contributed by atoms with Crippen LogP contribution in [0.1, 0.15) is 23.7 Å². The fourth-order valence-corrected chi connectivity index (χ4v) is 1.74. The highest BCUT2D eigenvalue weighted by molar-refractivity contribution is 9.10. The summed E-state index contributed by atoms with van der Waals surface area (Å²) in [6.07, 6.45) is 0.640. The lowest BCUT2D eigenvalue weighted by molar-refractivity contribution is 0.0914. The first-order valence-corrected chi connectivity index (χ1v) is 5.74. The molecule has 1 aromatic rings. The summed E-state index contributed by atoms with van der Waals surface area (Å²) >= 11 is 3.12. The van der Waals surface area contributed by atoms with Gasteiger partial charge in [-0.15, -0.1) is 0 Å². The summed E-state index contributed by atoms with van der Waals surface area (Å²) in [7, 11) is 0. The fourth-order valence-electron chi connectivity index (χ4n) is 1.21. The van der Waals surface area contributed by atoms with Gasteiger partial charge in [0.1, 0.15) is 5.82 Å². The number of halogens is 2. The van der Waals surface area contributed by atoms with Gasteiger partial charge in [0.25, 0.3) is 5.91 Å². The standard InChI is InChI=1S/C11H13BrFNO2/c1-2-8(6-15)14-11(16)9-4-3-7(13)5-10(9)12/h3-5,8,15H,2,6H2,1H3,(H,14,16). The summed E-state index contributed by atoms with van der Waals surface area (Å²) in [5.41, 5.74) is 0.355. The minimum atomic E-state index is -0.405. The van der Waals surface area contributed by atoms with E-state index in [9.17, 15) is 9.18 Å². The van der Waals surface area contributed by atoms with E-state index in [0.29, 0.717) is 16.5 Å². The summed E-state index contributed by atoms with van der Waals surface area (Å²) in [6.45, 7) is 1.75. The number of hydrogen-bond acceptors (Lipinski definition) is 2. The molecule has 0 saturated heterocycles. The third-order valence-corrected chi connectivity index (χ3v) is 2.88.